The summed E-state index contributed by atoms with van der Waals surface area (Å²) in [6.45, 7) is 1.62. The zero-order chi connectivity index (χ0) is 75.3. The second kappa shape index (κ2) is 64.5. The predicted molar refractivity (Wildman–Crippen MR) is 415 cm³/mol. The zero-order valence-corrected chi connectivity index (χ0v) is 64.5. The van der Waals surface area contributed by atoms with Crippen LogP contribution in [0.15, 0.2) is 97.2 Å². The molecular formula is C85H149NO18. The molecule has 3 saturated heterocycles. The highest BCUT2D eigenvalue weighted by Crippen LogP contribution is 2.33. The van der Waals surface area contributed by atoms with Gasteiger partial charge in [-0.25, -0.2) is 0 Å². The zero-order valence-electron chi connectivity index (χ0n) is 64.5. The number of carbonyl (C=O) groups excluding carboxylic acids is 1. The summed E-state index contributed by atoms with van der Waals surface area (Å²) in [4.78, 5) is 13.5. The monoisotopic (exact) mass is 1470 g/mol. The molecule has 0 radical (unpaired) electrons. The van der Waals surface area contributed by atoms with Crippen LogP contribution in [0.3, 0.4) is 0 Å². The second-order valence-corrected chi connectivity index (χ2v) is 29.2. The van der Waals surface area contributed by atoms with E-state index in [1.807, 2.05) is 6.08 Å². The Kier molecular flexibility index (Phi) is 58.9. The van der Waals surface area contributed by atoms with E-state index in [0.29, 0.717) is 12.8 Å². The maximum atomic E-state index is 13.5. The molecule has 17 atom stereocenters. The van der Waals surface area contributed by atoms with Gasteiger partial charge in [-0.2, -0.15) is 0 Å². The third-order valence-corrected chi connectivity index (χ3v) is 20.1. The molecule has 0 bridgehead atoms. The average Bonchev–Trinajstić information content (AvgIpc) is 0.783. The molecule has 3 aliphatic heterocycles. The van der Waals surface area contributed by atoms with Crippen molar-refractivity contribution in [3.8, 4) is 0 Å². The number of aliphatic hydroxyl groups is 11. The van der Waals surface area contributed by atoms with Crippen molar-refractivity contribution in [1.82, 2.24) is 5.32 Å². The van der Waals surface area contributed by atoms with Crippen molar-refractivity contribution < 1.29 is 89.4 Å². The van der Waals surface area contributed by atoms with Crippen LogP contribution < -0.4 is 5.32 Å². The molecule has 12 N–H and O–H groups in total. The van der Waals surface area contributed by atoms with Crippen molar-refractivity contribution in [2.75, 3.05) is 26.4 Å². The molecule has 0 aromatic heterocycles. The van der Waals surface area contributed by atoms with Gasteiger partial charge in [0.1, 0.15) is 73.2 Å². The molecule has 3 rings (SSSR count). The molecule has 0 saturated carbocycles. The summed E-state index contributed by atoms with van der Waals surface area (Å²) in [5, 5.41) is 121. The van der Waals surface area contributed by atoms with Gasteiger partial charge in [0.05, 0.1) is 38.6 Å². The Labute approximate surface area is 628 Å². The van der Waals surface area contributed by atoms with E-state index in [4.69, 9.17) is 28.4 Å². The molecule has 602 valence electrons. The van der Waals surface area contributed by atoms with Crippen LogP contribution in [-0.2, 0) is 33.2 Å². The Morgan fingerprint density at radius 2 is 0.673 bits per heavy atom. The van der Waals surface area contributed by atoms with Gasteiger partial charge in [-0.05, 0) is 89.9 Å². The molecule has 1 amide bonds. The number of hydrogen-bond donors (Lipinski definition) is 12. The number of rotatable bonds is 65. The summed E-state index contributed by atoms with van der Waals surface area (Å²) in [7, 11) is 0. The fourth-order valence-electron chi connectivity index (χ4n) is 13.5. The molecule has 0 spiro atoms. The summed E-state index contributed by atoms with van der Waals surface area (Å²) in [6, 6.07) is -1.00. The van der Waals surface area contributed by atoms with Gasteiger partial charge in [-0.1, -0.05) is 304 Å². The number of unbranched alkanes of at least 4 members (excludes halogenated alkanes) is 35. The number of aliphatic hydroxyl groups excluding tert-OH is 11. The first-order chi connectivity index (χ1) is 50.8. The molecule has 19 heteroatoms. The van der Waals surface area contributed by atoms with E-state index in [1.54, 1.807) is 6.08 Å². The lowest BCUT2D eigenvalue weighted by atomic mass is 9.96. The lowest BCUT2D eigenvalue weighted by Crippen LogP contribution is -2.66. The SMILES string of the molecule is CC/C=C\C/C=C\C/C=C\C/C=C\C/C=C\CCCCCCCCCCCCCCCCCC(=O)NC(COC1OC(CO)C(OC2OC(CO)C(OC3OC(CO)C(O)C(O)C3O)C(O)C2O)C(O)C1O)C(O)/C=C/CC/C=C/CC/C=C/CCCCCCCCCCCCCCCCCCCC. The summed E-state index contributed by atoms with van der Waals surface area (Å²) < 4.78 is 34.4. The molecule has 3 aliphatic rings. The number of hydrogen-bond acceptors (Lipinski definition) is 18. The number of nitrogens with one attached hydrogen (secondary N) is 1. The van der Waals surface area contributed by atoms with Gasteiger partial charge in [-0.15, -0.1) is 0 Å². The lowest BCUT2D eigenvalue weighted by molar-refractivity contribution is -0.379. The minimum atomic E-state index is -1.99. The van der Waals surface area contributed by atoms with Gasteiger partial charge in [0, 0.05) is 6.42 Å². The highest BCUT2D eigenvalue weighted by molar-refractivity contribution is 5.76. The van der Waals surface area contributed by atoms with E-state index >= 15 is 0 Å². The second-order valence-electron chi connectivity index (χ2n) is 29.2. The molecule has 3 heterocycles. The Hall–Kier alpha value is -3.29. The Balaban J connectivity index is 1.38. The van der Waals surface area contributed by atoms with E-state index in [-0.39, 0.29) is 18.9 Å². The maximum absolute atomic E-state index is 13.5. The molecule has 0 aromatic rings. The van der Waals surface area contributed by atoms with Crippen molar-refractivity contribution in [3.05, 3.63) is 97.2 Å². The van der Waals surface area contributed by atoms with Crippen LogP contribution in [0.1, 0.15) is 303 Å². The van der Waals surface area contributed by atoms with Gasteiger partial charge in [-0.3, -0.25) is 4.79 Å². The van der Waals surface area contributed by atoms with Crippen molar-refractivity contribution in [2.45, 2.75) is 407 Å². The van der Waals surface area contributed by atoms with Crippen molar-refractivity contribution in [1.29, 1.82) is 0 Å². The van der Waals surface area contributed by atoms with Crippen LogP contribution >= 0.6 is 0 Å². The molecule has 17 unspecified atom stereocenters. The van der Waals surface area contributed by atoms with E-state index in [9.17, 15) is 61.0 Å². The van der Waals surface area contributed by atoms with Gasteiger partial charge in [0.25, 0.3) is 0 Å². The molecule has 0 aliphatic carbocycles. The number of allylic oxidation sites excluding steroid dienone is 15. The normalized spacial score (nSPS) is 26.4. The highest BCUT2D eigenvalue weighted by atomic mass is 16.8. The molecule has 19 nitrogen and oxygen atoms in total. The van der Waals surface area contributed by atoms with Gasteiger partial charge < -0.3 is 89.9 Å². The maximum Gasteiger partial charge on any atom is 0.220 e. The van der Waals surface area contributed by atoms with Gasteiger partial charge >= 0.3 is 0 Å². The first kappa shape index (κ1) is 94.9. The molecule has 3 fully saturated rings. The number of ether oxygens (including phenoxy) is 6. The minimum absolute atomic E-state index is 0.227. The Bertz CT molecular complexity index is 2260. The van der Waals surface area contributed by atoms with Gasteiger partial charge in [0.15, 0.2) is 18.9 Å². The fraction of sp³-hybridized carbons (Fsp3) is 0.800. The topological polar surface area (TPSA) is 307 Å². The third-order valence-electron chi connectivity index (χ3n) is 20.1. The summed E-state index contributed by atoms with van der Waals surface area (Å²) in [6.07, 6.45) is 61.1. The quantitative estimate of drug-likeness (QED) is 0.0199. The summed E-state index contributed by atoms with van der Waals surface area (Å²) in [5.41, 5.74) is 0. The van der Waals surface area contributed by atoms with Crippen molar-refractivity contribution in [3.63, 3.8) is 0 Å². The number of amides is 1. The average molecular weight is 1470 g/mol. The Morgan fingerprint density at radius 1 is 0.356 bits per heavy atom. The van der Waals surface area contributed by atoms with E-state index < -0.39 is 124 Å². The van der Waals surface area contributed by atoms with Gasteiger partial charge in [0.2, 0.25) is 5.91 Å². The fourth-order valence-corrected chi connectivity index (χ4v) is 13.5. The Morgan fingerprint density at radius 3 is 1.08 bits per heavy atom. The van der Waals surface area contributed by atoms with E-state index in [2.05, 4.69) is 104 Å². The van der Waals surface area contributed by atoms with Crippen LogP contribution in [0, 0.1) is 0 Å². The largest absolute Gasteiger partial charge is 0.394 e. The third kappa shape index (κ3) is 43.8. The molecule has 0 aromatic carbocycles. The highest BCUT2D eigenvalue weighted by Gasteiger charge is 2.54. The van der Waals surface area contributed by atoms with Crippen LogP contribution in [0.25, 0.3) is 0 Å². The van der Waals surface area contributed by atoms with E-state index in [0.717, 1.165) is 83.5 Å². The van der Waals surface area contributed by atoms with Crippen molar-refractivity contribution in [2.24, 2.45) is 0 Å². The van der Waals surface area contributed by atoms with Crippen LogP contribution in [0.2, 0.25) is 0 Å². The first-order valence-corrected chi connectivity index (χ1v) is 41.5. The summed E-state index contributed by atoms with van der Waals surface area (Å²) >= 11 is 0. The van der Waals surface area contributed by atoms with Crippen molar-refractivity contribution >= 4 is 5.91 Å². The summed E-state index contributed by atoms with van der Waals surface area (Å²) in [5.74, 6) is -0.290. The molecule has 104 heavy (non-hydrogen) atoms. The lowest BCUT2D eigenvalue weighted by Gasteiger charge is -2.48. The molecular weight excluding hydrogens is 1320 g/mol. The minimum Gasteiger partial charge on any atom is -0.394 e. The smallest absolute Gasteiger partial charge is 0.220 e. The standard InChI is InChI=1S/C85H149NO18/c1-3-5-7-9-11-13-15-17-19-21-23-25-27-29-31-33-34-35-37-39-41-43-45-47-49-51-53-55-57-59-61-63-73(91)86-68(69(90)62-60-58-56-54-52-50-48-46-44-42-40-38-36-32-30-28-26-24-22-20-18-16-14-12-10-8-6-4-2)67-99-83-79(97)76(94)81(71(65-88)101-83)104-85-80(98)77(95)82(72(66-89)102-85)103-84-78(96)75(93)74(92)70(64-87)100-84/h5,7,11,13,17,19,23,25,29,31,44,46,52,54,60,62,68-72,74-85,87-90,92-98H,3-4,6,8-10,12,14-16,18,20-22,24,26-28,30,32-43,45,47-51,53,55-59,61,63-67H2,1-2H3,(H,86,91)/b7-5-,13-11-,19-17-,25-23-,31-29-,46-44+,54-52+,62-60+. The van der Waals surface area contributed by atoms with Crippen LogP contribution in [0.5, 0.6) is 0 Å². The van der Waals surface area contributed by atoms with E-state index in [1.165, 1.54) is 186 Å². The van der Waals surface area contributed by atoms with Crippen LogP contribution in [0.4, 0.5) is 0 Å². The predicted octanol–water partition coefficient (Wildman–Crippen LogP) is 14.3. The number of carbonyl (C=O) groups is 1. The first-order valence-electron chi connectivity index (χ1n) is 41.5. The van der Waals surface area contributed by atoms with Crippen LogP contribution in [-0.4, -0.2) is 193 Å².